The van der Waals surface area contributed by atoms with Crippen molar-refractivity contribution in [3.8, 4) is 0 Å². The minimum absolute atomic E-state index is 0.137. The van der Waals surface area contributed by atoms with E-state index in [1.165, 1.54) is 6.21 Å². The third-order valence-corrected chi connectivity index (χ3v) is 4.06. The number of halogens is 2. The first-order chi connectivity index (χ1) is 11.5. The van der Waals surface area contributed by atoms with Crippen LogP contribution in [-0.2, 0) is 11.3 Å². The van der Waals surface area contributed by atoms with Crippen LogP contribution in [0.1, 0.15) is 11.4 Å². The molecule has 3 rings (SSSR count). The zero-order chi connectivity index (χ0) is 17.1. The Morgan fingerprint density at radius 2 is 2.08 bits per heavy atom. The molecule has 0 saturated carbocycles. The average Bonchev–Trinajstić information content (AvgIpc) is 2.85. The SMILES string of the molecule is Cc1nc2ccccc2n1CC(=O)N/N=C/c1ccc(Cl)cc1Cl. The van der Waals surface area contributed by atoms with Crippen LogP contribution < -0.4 is 5.43 Å². The number of fused-ring (bicyclic) bond motifs is 1. The molecule has 1 amide bonds. The predicted octanol–water partition coefficient (Wildman–Crippen LogP) is 3.80. The van der Waals surface area contributed by atoms with Crippen LogP contribution in [0.4, 0.5) is 0 Å². The van der Waals surface area contributed by atoms with Gasteiger partial charge in [-0.05, 0) is 31.2 Å². The van der Waals surface area contributed by atoms with Crippen molar-refractivity contribution in [3.05, 3.63) is 63.9 Å². The first kappa shape index (κ1) is 16.5. The molecule has 0 unspecified atom stereocenters. The van der Waals surface area contributed by atoms with Crippen LogP contribution >= 0.6 is 23.2 Å². The standard InChI is InChI=1S/C17H14Cl2N4O/c1-11-21-15-4-2-3-5-16(15)23(11)10-17(24)22-20-9-12-6-7-13(18)8-14(12)19/h2-9H,10H2,1H3,(H,22,24)/b20-9+. The Balaban J connectivity index is 1.69. The van der Waals surface area contributed by atoms with E-state index < -0.39 is 0 Å². The monoisotopic (exact) mass is 360 g/mol. The van der Waals surface area contributed by atoms with Gasteiger partial charge >= 0.3 is 0 Å². The summed E-state index contributed by atoms with van der Waals surface area (Å²) in [5.41, 5.74) is 4.94. The highest BCUT2D eigenvalue weighted by Crippen LogP contribution is 2.19. The number of aryl methyl sites for hydroxylation is 1. The minimum Gasteiger partial charge on any atom is -0.319 e. The zero-order valence-corrected chi connectivity index (χ0v) is 14.3. The van der Waals surface area contributed by atoms with Crippen molar-refractivity contribution in [1.29, 1.82) is 0 Å². The Kier molecular flexibility index (Phi) is 4.83. The Morgan fingerprint density at radius 1 is 1.29 bits per heavy atom. The normalized spacial score (nSPS) is 11.3. The number of para-hydroxylation sites is 2. The third kappa shape index (κ3) is 3.58. The topological polar surface area (TPSA) is 59.3 Å². The lowest BCUT2D eigenvalue weighted by atomic mass is 10.2. The first-order valence-corrected chi connectivity index (χ1v) is 7.99. The van der Waals surface area contributed by atoms with Crippen molar-refractivity contribution in [2.45, 2.75) is 13.5 Å². The van der Waals surface area contributed by atoms with Gasteiger partial charge in [-0.15, -0.1) is 0 Å². The molecule has 0 aliphatic heterocycles. The molecule has 1 aromatic heterocycles. The van der Waals surface area contributed by atoms with E-state index in [2.05, 4.69) is 15.5 Å². The van der Waals surface area contributed by atoms with Crippen LogP contribution in [0.2, 0.25) is 10.0 Å². The second-order valence-electron chi connectivity index (χ2n) is 5.19. The van der Waals surface area contributed by atoms with Gasteiger partial charge in [0.15, 0.2) is 0 Å². The Bertz CT molecular complexity index is 933. The number of carbonyl (C=O) groups is 1. The summed E-state index contributed by atoms with van der Waals surface area (Å²) in [4.78, 5) is 16.5. The lowest BCUT2D eigenvalue weighted by Crippen LogP contribution is -2.23. The predicted molar refractivity (Wildman–Crippen MR) is 96.7 cm³/mol. The molecule has 0 aliphatic rings. The summed E-state index contributed by atoms with van der Waals surface area (Å²) in [5.74, 6) is 0.527. The lowest BCUT2D eigenvalue weighted by Gasteiger charge is -2.05. The molecular formula is C17H14Cl2N4O. The number of nitrogens with zero attached hydrogens (tertiary/aromatic N) is 3. The fourth-order valence-corrected chi connectivity index (χ4v) is 2.81. The molecule has 24 heavy (non-hydrogen) atoms. The van der Waals surface area contributed by atoms with E-state index in [1.807, 2.05) is 35.8 Å². The maximum absolute atomic E-state index is 12.1. The molecule has 3 aromatic rings. The van der Waals surface area contributed by atoms with E-state index in [4.69, 9.17) is 23.2 Å². The second-order valence-corrected chi connectivity index (χ2v) is 6.04. The number of carbonyl (C=O) groups excluding carboxylic acids is 1. The Labute approximate surface area is 148 Å². The summed E-state index contributed by atoms with van der Waals surface area (Å²) in [7, 11) is 0. The van der Waals surface area contributed by atoms with Crippen molar-refractivity contribution in [1.82, 2.24) is 15.0 Å². The lowest BCUT2D eigenvalue weighted by molar-refractivity contribution is -0.121. The van der Waals surface area contributed by atoms with E-state index in [1.54, 1.807) is 18.2 Å². The van der Waals surface area contributed by atoms with E-state index in [0.717, 1.165) is 16.9 Å². The van der Waals surface area contributed by atoms with Gasteiger partial charge in [0.25, 0.3) is 5.91 Å². The van der Waals surface area contributed by atoms with Gasteiger partial charge in [-0.1, -0.05) is 41.4 Å². The number of nitrogens with one attached hydrogen (secondary N) is 1. The number of hydrazone groups is 1. The smallest absolute Gasteiger partial charge is 0.260 e. The van der Waals surface area contributed by atoms with Gasteiger partial charge in [-0.25, -0.2) is 10.4 Å². The molecule has 2 aromatic carbocycles. The first-order valence-electron chi connectivity index (χ1n) is 7.23. The van der Waals surface area contributed by atoms with Gasteiger partial charge in [-0.3, -0.25) is 4.79 Å². The fourth-order valence-electron chi connectivity index (χ4n) is 2.35. The molecule has 5 nitrogen and oxygen atoms in total. The van der Waals surface area contributed by atoms with Gasteiger partial charge in [0.05, 0.1) is 22.3 Å². The fraction of sp³-hybridized carbons (Fsp3) is 0.118. The highest BCUT2D eigenvalue weighted by atomic mass is 35.5. The average molecular weight is 361 g/mol. The van der Waals surface area contributed by atoms with E-state index in [0.29, 0.717) is 15.6 Å². The maximum Gasteiger partial charge on any atom is 0.260 e. The summed E-state index contributed by atoms with van der Waals surface area (Å²) in [5, 5.41) is 4.95. The molecule has 0 aliphatic carbocycles. The van der Waals surface area contributed by atoms with Gasteiger partial charge in [-0.2, -0.15) is 5.10 Å². The summed E-state index contributed by atoms with van der Waals surface area (Å²) in [6.45, 7) is 2.00. The highest BCUT2D eigenvalue weighted by molar-refractivity contribution is 6.36. The molecule has 7 heteroatoms. The molecule has 122 valence electrons. The molecule has 1 heterocycles. The number of rotatable bonds is 4. The molecule has 0 radical (unpaired) electrons. The molecule has 1 N–H and O–H groups in total. The summed E-state index contributed by atoms with van der Waals surface area (Å²) in [6.07, 6.45) is 1.48. The van der Waals surface area contributed by atoms with E-state index >= 15 is 0 Å². The van der Waals surface area contributed by atoms with Crippen LogP contribution in [0.5, 0.6) is 0 Å². The number of hydrogen-bond donors (Lipinski definition) is 1. The second kappa shape index (κ2) is 7.03. The largest absolute Gasteiger partial charge is 0.319 e. The van der Waals surface area contributed by atoms with Crippen LogP contribution in [0, 0.1) is 6.92 Å². The van der Waals surface area contributed by atoms with Crippen molar-refractivity contribution >= 4 is 46.4 Å². The number of hydrogen-bond acceptors (Lipinski definition) is 3. The molecule has 0 saturated heterocycles. The number of amides is 1. The summed E-state index contributed by atoms with van der Waals surface area (Å²) >= 11 is 11.9. The maximum atomic E-state index is 12.1. The number of benzene rings is 2. The van der Waals surface area contributed by atoms with E-state index in [9.17, 15) is 4.79 Å². The Morgan fingerprint density at radius 3 is 2.88 bits per heavy atom. The van der Waals surface area contributed by atoms with Crippen LogP contribution in [0.25, 0.3) is 11.0 Å². The third-order valence-electron chi connectivity index (χ3n) is 3.50. The van der Waals surface area contributed by atoms with Crippen molar-refractivity contribution in [2.24, 2.45) is 5.10 Å². The van der Waals surface area contributed by atoms with Gasteiger partial charge in [0.1, 0.15) is 12.4 Å². The zero-order valence-electron chi connectivity index (χ0n) is 12.8. The van der Waals surface area contributed by atoms with Crippen LogP contribution in [-0.4, -0.2) is 21.7 Å². The van der Waals surface area contributed by atoms with E-state index in [-0.39, 0.29) is 12.5 Å². The van der Waals surface area contributed by atoms with Crippen LogP contribution in [0.15, 0.2) is 47.6 Å². The number of aromatic nitrogens is 2. The van der Waals surface area contributed by atoms with Crippen LogP contribution in [0.3, 0.4) is 0 Å². The quantitative estimate of drug-likeness (QED) is 0.568. The number of imidazole rings is 1. The van der Waals surface area contributed by atoms with Crippen molar-refractivity contribution in [3.63, 3.8) is 0 Å². The minimum atomic E-state index is -0.248. The molecule has 0 bridgehead atoms. The van der Waals surface area contributed by atoms with Gasteiger partial charge in [0.2, 0.25) is 0 Å². The molecule has 0 atom stereocenters. The molecule has 0 fully saturated rings. The Hall–Kier alpha value is -2.37. The van der Waals surface area contributed by atoms with Gasteiger partial charge in [0, 0.05) is 10.6 Å². The highest BCUT2D eigenvalue weighted by Gasteiger charge is 2.10. The van der Waals surface area contributed by atoms with Crippen molar-refractivity contribution in [2.75, 3.05) is 0 Å². The summed E-state index contributed by atoms with van der Waals surface area (Å²) < 4.78 is 1.84. The van der Waals surface area contributed by atoms with Crippen molar-refractivity contribution < 1.29 is 4.79 Å². The van der Waals surface area contributed by atoms with Gasteiger partial charge < -0.3 is 4.57 Å². The molecule has 0 spiro atoms. The molecular weight excluding hydrogens is 347 g/mol. The summed E-state index contributed by atoms with van der Waals surface area (Å²) in [6, 6.07) is 12.7.